The zero-order valence-electron chi connectivity index (χ0n) is 12.7. The first-order valence-electron chi connectivity index (χ1n) is 8.46. The van der Waals surface area contributed by atoms with Gasteiger partial charge in [0.25, 0.3) is 0 Å². The van der Waals surface area contributed by atoms with Gasteiger partial charge in [0.05, 0.1) is 10.8 Å². The molecule has 4 fully saturated rings. The van der Waals surface area contributed by atoms with Gasteiger partial charge in [-0.05, 0) is 49.7 Å². The Bertz CT molecular complexity index is 415. The number of amides is 1. The van der Waals surface area contributed by atoms with Crippen LogP contribution >= 0.6 is 11.8 Å². The number of hydrogen-bond donors (Lipinski definition) is 1. The molecule has 1 amide bonds. The van der Waals surface area contributed by atoms with E-state index in [-0.39, 0.29) is 10.8 Å². The summed E-state index contributed by atoms with van der Waals surface area (Å²) in [6, 6.07) is 0. The van der Waals surface area contributed by atoms with Crippen molar-refractivity contribution in [3.05, 3.63) is 0 Å². The van der Waals surface area contributed by atoms with E-state index in [4.69, 9.17) is 0 Å². The highest BCUT2D eigenvalue weighted by molar-refractivity contribution is 8.00. The molecule has 118 valence electrons. The zero-order chi connectivity index (χ0) is 14.4. The monoisotopic (exact) mass is 310 g/mol. The molecule has 1 spiro atoms. The van der Waals surface area contributed by atoms with Crippen LogP contribution in [0.5, 0.6) is 0 Å². The topological polar surface area (TPSA) is 43.8 Å². The molecule has 1 aliphatic carbocycles. The van der Waals surface area contributed by atoms with Crippen LogP contribution in [0.4, 0.5) is 0 Å². The van der Waals surface area contributed by atoms with Gasteiger partial charge in [0.15, 0.2) is 0 Å². The lowest BCUT2D eigenvalue weighted by Crippen LogP contribution is -2.70. The Morgan fingerprint density at radius 3 is 2.67 bits per heavy atom. The normalized spacial score (nSPS) is 35.4. The van der Waals surface area contributed by atoms with E-state index >= 15 is 0 Å². The van der Waals surface area contributed by atoms with Gasteiger partial charge in [-0.15, -0.1) is 11.8 Å². The molecule has 3 aliphatic heterocycles. The Morgan fingerprint density at radius 1 is 1.24 bits per heavy atom. The molecule has 0 bridgehead atoms. The third-order valence-electron chi connectivity index (χ3n) is 5.74. The summed E-state index contributed by atoms with van der Waals surface area (Å²) >= 11 is 1.84. The van der Waals surface area contributed by atoms with Crippen LogP contribution in [-0.4, -0.2) is 70.1 Å². The molecule has 21 heavy (non-hydrogen) atoms. The van der Waals surface area contributed by atoms with Gasteiger partial charge >= 0.3 is 0 Å². The van der Waals surface area contributed by atoms with Gasteiger partial charge in [-0.1, -0.05) is 0 Å². The second-order valence-electron chi connectivity index (χ2n) is 7.52. The smallest absolute Gasteiger partial charge is 0.235 e. The Morgan fingerprint density at radius 2 is 2.05 bits per heavy atom. The number of nitrogens with zero attached hydrogens (tertiary/aromatic N) is 2. The molecule has 0 radical (unpaired) electrons. The number of thioether (sulfide) groups is 1. The number of likely N-dealkylation sites (tertiary alicyclic amines) is 2. The van der Waals surface area contributed by atoms with Crippen LogP contribution in [0.3, 0.4) is 0 Å². The first-order chi connectivity index (χ1) is 10.2. The van der Waals surface area contributed by atoms with Crippen molar-refractivity contribution in [2.24, 2.45) is 11.8 Å². The molecule has 3 saturated heterocycles. The second-order valence-corrected chi connectivity index (χ2v) is 8.83. The molecular weight excluding hydrogens is 284 g/mol. The molecule has 3 heterocycles. The minimum absolute atomic E-state index is 0.203. The standard InChI is InChI=1S/C16H26N2O2S/c19-9-13-6-16(18(8-13)7-12-3-4-12)10-17(11-16)15(20)14-2-1-5-21-14/h12-14,19H,1-11H2/t13-,14+/m1/s1. The van der Waals surface area contributed by atoms with Crippen molar-refractivity contribution >= 4 is 17.7 Å². The summed E-state index contributed by atoms with van der Waals surface area (Å²) < 4.78 is 0. The van der Waals surface area contributed by atoms with Gasteiger partial charge in [-0.2, -0.15) is 0 Å². The lowest BCUT2D eigenvalue weighted by molar-refractivity contribution is -0.143. The summed E-state index contributed by atoms with van der Waals surface area (Å²) in [4.78, 5) is 17.2. The van der Waals surface area contributed by atoms with Crippen LogP contribution in [0.25, 0.3) is 0 Å². The number of rotatable bonds is 4. The molecule has 4 aliphatic rings. The molecule has 0 aromatic carbocycles. The number of aliphatic hydroxyl groups is 1. The maximum Gasteiger partial charge on any atom is 0.235 e. The minimum Gasteiger partial charge on any atom is -0.396 e. The summed E-state index contributed by atoms with van der Waals surface area (Å²) in [7, 11) is 0. The van der Waals surface area contributed by atoms with Crippen LogP contribution in [0, 0.1) is 11.8 Å². The van der Waals surface area contributed by atoms with Crippen molar-refractivity contribution in [1.82, 2.24) is 9.80 Å². The summed E-state index contributed by atoms with van der Waals surface area (Å²) in [5.74, 6) is 2.83. The van der Waals surface area contributed by atoms with E-state index in [0.717, 1.165) is 44.1 Å². The summed E-state index contributed by atoms with van der Waals surface area (Å²) in [6.45, 7) is 4.34. The summed E-state index contributed by atoms with van der Waals surface area (Å²) in [5, 5.41) is 9.75. The van der Waals surface area contributed by atoms with Gasteiger partial charge in [0, 0.05) is 32.8 Å². The first kappa shape index (κ1) is 14.3. The summed E-state index contributed by atoms with van der Waals surface area (Å²) in [5.41, 5.74) is 0.203. The van der Waals surface area contributed by atoms with Gasteiger partial charge in [0.1, 0.15) is 0 Å². The fourth-order valence-corrected chi connectivity index (χ4v) is 5.61. The van der Waals surface area contributed by atoms with Crippen molar-refractivity contribution in [3.8, 4) is 0 Å². The fraction of sp³-hybridized carbons (Fsp3) is 0.938. The maximum atomic E-state index is 12.5. The average Bonchev–Trinajstić information content (AvgIpc) is 2.98. The van der Waals surface area contributed by atoms with E-state index in [1.54, 1.807) is 0 Å². The molecule has 4 nitrogen and oxygen atoms in total. The highest BCUT2D eigenvalue weighted by Crippen LogP contribution is 2.44. The van der Waals surface area contributed by atoms with Gasteiger partial charge in [0.2, 0.25) is 5.91 Å². The van der Waals surface area contributed by atoms with Crippen LogP contribution in [-0.2, 0) is 4.79 Å². The minimum atomic E-state index is 0.203. The van der Waals surface area contributed by atoms with E-state index in [1.807, 2.05) is 11.8 Å². The molecular formula is C16H26N2O2S. The lowest BCUT2D eigenvalue weighted by Gasteiger charge is -2.53. The number of carbonyl (C=O) groups is 1. The Labute approximate surface area is 131 Å². The second kappa shape index (κ2) is 5.43. The molecule has 1 saturated carbocycles. The number of hydrogen-bond acceptors (Lipinski definition) is 4. The van der Waals surface area contributed by atoms with Crippen molar-refractivity contribution in [2.75, 3.05) is 38.5 Å². The van der Waals surface area contributed by atoms with Crippen molar-refractivity contribution in [1.29, 1.82) is 0 Å². The van der Waals surface area contributed by atoms with E-state index in [0.29, 0.717) is 18.4 Å². The lowest BCUT2D eigenvalue weighted by atomic mass is 9.84. The third kappa shape index (κ3) is 2.62. The molecule has 2 atom stereocenters. The van der Waals surface area contributed by atoms with E-state index < -0.39 is 0 Å². The predicted octanol–water partition coefficient (Wildman–Crippen LogP) is 1.19. The molecule has 0 aromatic rings. The molecule has 1 N–H and O–H groups in total. The van der Waals surface area contributed by atoms with E-state index in [9.17, 15) is 9.90 Å². The molecule has 4 rings (SSSR count). The number of aliphatic hydroxyl groups excluding tert-OH is 1. The molecule has 0 unspecified atom stereocenters. The number of carbonyl (C=O) groups excluding carboxylic acids is 1. The third-order valence-corrected chi connectivity index (χ3v) is 7.10. The van der Waals surface area contributed by atoms with Crippen molar-refractivity contribution in [2.45, 2.75) is 42.9 Å². The van der Waals surface area contributed by atoms with Crippen LogP contribution in [0.2, 0.25) is 0 Å². The Kier molecular flexibility index (Phi) is 3.71. The molecule has 0 aromatic heterocycles. The largest absolute Gasteiger partial charge is 0.396 e. The SMILES string of the molecule is O=C([C@@H]1CCCS1)N1CC2(C[C@@H](CO)CN2CC2CC2)C1. The van der Waals surface area contributed by atoms with E-state index in [2.05, 4.69) is 9.80 Å². The average molecular weight is 310 g/mol. The highest BCUT2D eigenvalue weighted by Gasteiger charge is 2.55. The van der Waals surface area contributed by atoms with Crippen LogP contribution in [0.15, 0.2) is 0 Å². The van der Waals surface area contributed by atoms with Crippen molar-refractivity contribution in [3.63, 3.8) is 0 Å². The van der Waals surface area contributed by atoms with Gasteiger partial charge in [-0.25, -0.2) is 0 Å². The van der Waals surface area contributed by atoms with E-state index in [1.165, 1.54) is 25.8 Å². The van der Waals surface area contributed by atoms with Crippen LogP contribution < -0.4 is 0 Å². The van der Waals surface area contributed by atoms with Gasteiger partial charge < -0.3 is 10.0 Å². The Balaban J connectivity index is 1.39. The van der Waals surface area contributed by atoms with Crippen molar-refractivity contribution < 1.29 is 9.90 Å². The van der Waals surface area contributed by atoms with Crippen LogP contribution in [0.1, 0.15) is 32.1 Å². The summed E-state index contributed by atoms with van der Waals surface area (Å²) in [6.07, 6.45) is 6.09. The highest BCUT2D eigenvalue weighted by atomic mass is 32.2. The molecule has 5 heteroatoms. The zero-order valence-corrected chi connectivity index (χ0v) is 13.5. The first-order valence-corrected chi connectivity index (χ1v) is 9.51. The fourth-order valence-electron chi connectivity index (χ4n) is 4.36. The Hall–Kier alpha value is -0.260. The quantitative estimate of drug-likeness (QED) is 0.847. The maximum absolute atomic E-state index is 12.5. The van der Waals surface area contributed by atoms with Gasteiger partial charge in [-0.3, -0.25) is 9.69 Å². The predicted molar refractivity (Wildman–Crippen MR) is 84.3 cm³/mol.